The van der Waals surface area contributed by atoms with Crippen LogP contribution >= 0.6 is 0 Å². The SMILES string of the molecule is CCOC(=O)c1cc2nc([C@@H](C)[C@H]3CC[C@@H](c4c(F)ccc5ncccc54)CC3)[nH]c2cc1C. The minimum absolute atomic E-state index is 0.123. The van der Waals surface area contributed by atoms with Crippen molar-refractivity contribution in [2.75, 3.05) is 6.61 Å². The molecule has 2 heterocycles. The highest BCUT2D eigenvalue weighted by Gasteiger charge is 2.30. The number of ether oxygens (including phenoxy) is 1. The zero-order chi connectivity index (χ0) is 23.8. The minimum Gasteiger partial charge on any atom is -0.462 e. The lowest BCUT2D eigenvalue weighted by Crippen LogP contribution is -2.19. The van der Waals surface area contributed by atoms with E-state index in [1.165, 1.54) is 0 Å². The first kappa shape index (κ1) is 22.5. The normalized spacial score (nSPS) is 19.4. The number of imidazole rings is 1. The molecule has 0 aliphatic heterocycles. The first-order chi connectivity index (χ1) is 16.5. The van der Waals surface area contributed by atoms with Crippen LogP contribution in [-0.2, 0) is 4.74 Å². The summed E-state index contributed by atoms with van der Waals surface area (Å²) in [5, 5.41) is 0.934. The summed E-state index contributed by atoms with van der Waals surface area (Å²) in [5.41, 5.74) is 4.84. The number of H-pyrrole nitrogens is 1. The molecule has 1 atom stereocenters. The Kier molecular flexibility index (Phi) is 6.07. The van der Waals surface area contributed by atoms with Gasteiger partial charge >= 0.3 is 5.97 Å². The van der Waals surface area contributed by atoms with Gasteiger partial charge in [0, 0.05) is 23.1 Å². The largest absolute Gasteiger partial charge is 0.462 e. The van der Waals surface area contributed by atoms with Crippen molar-refractivity contribution in [3.63, 3.8) is 0 Å². The van der Waals surface area contributed by atoms with Gasteiger partial charge in [-0.25, -0.2) is 14.2 Å². The molecule has 1 aliphatic rings. The summed E-state index contributed by atoms with van der Waals surface area (Å²) in [5.74, 6) is 1.44. The number of hydrogen-bond donors (Lipinski definition) is 1. The lowest BCUT2D eigenvalue weighted by Gasteiger charge is -2.32. The maximum atomic E-state index is 14.8. The van der Waals surface area contributed by atoms with Gasteiger partial charge in [-0.15, -0.1) is 0 Å². The van der Waals surface area contributed by atoms with E-state index in [1.807, 2.05) is 31.2 Å². The van der Waals surface area contributed by atoms with E-state index in [-0.39, 0.29) is 23.6 Å². The number of aromatic amines is 1. The van der Waals surface area contributed by atoms with Crippen molar-refractivity contribution >= 4 is 27.9 Å². The molecule has 0 spiro atoms. The molecule has 0 bridgehead atoms. The van der Waals surface area contributed by atoms with E-state index in [9.17, 15) is 9.18 Å². The van der Waals surface area contributed by atoms with Crippen LogP contribution in [0.2, 0.25) is 0 Å². The Morgan fingerprint density at radius 3 is 2.74 bits per heavy atom. The third kappa shape index (κ3) is 4.06. The quantitative estimate of drug-likeness (QED) is 0.333. The number of rotatable bonds is 5. The molecule has 34 heavy (non-hydrogen) atoms. The molecular formula is C28H30FN3O2. The van der Waals surface area contributed by atoms with Crippen LogP contribution in [-0.4, -0.2) is 27.5 Å². The number of nitrogens with zero attached hydrogens (tertiary/aromatic N) is 2. The van der Waals surface area contributed by atoms with E-state index >= 15 is 0 Å². The molecule has 0 saturated heterocycles. The number of halogens is 1. The van der Waals surface area contributed by atoms with Crippen LogP contribution in [0, 0.1) is 18.7 Å². The molecule has 5 rings (SSSR count). The van der Waals surface area contributed by atoms with Gasteiger partial charge in [-0.1, -0.05) is 13.0 Å². The Labute approximate surface area is 198 Å². The molecule has 0 radical (unpaired) electrons. The predicted octanol–water partition coefficient (Wildman–Crippen LogP) is 6.81. The molecule has 176 valence electrons. The van der Waals surface area contributed by atoms with Gasteiger partial charge in [0.15, 0.2) is 0 Å². The summed E-state index contributed by atoms with van der Waals surface area (Å²) in [6.07, 6.45) is 5.70. The van der Waals surface area contributed by atoms with E-state index in [0.29, 0.717) is 18.1 Å². The van der Waals surface area contributed by atoms with Gasteiger partial charge in [0.05, 0.1) is 28.7 Å². The number of aryl methyl sites for hydroxylation is 1. The molecule has 5 nitrogen and oxygen atoms in total. The Balaban J connectivity index is 1.34. The van der Waals surface area contributed by atoms with Crippen LogP contribution in [0.4, 0.5) is 4.39 Å². The van der Waals surface area contributed by atoms with Crippen LogP contribution in [0.1, 0.15) is 78.7 Å². The maximum Gasteiger partial charge on any atom is 0.338 e. The third-order valence-corrected chi connectivity index (χ3v) is 7.43. The standard InChI is InChI=1S/C28H30FN3O2/c1-4-34-28(33)21-15-25-24(14-16(21)2)31-27(32-25)17(3)18-7-9-19(10-8-18)26-20-6-5-13-30-23(20)12-11-22(26)29/h5-6,11-15,17-19H,4,7-10H2,1-3H3,(H,31,32)/t17-,18-,19+/m0/s1. The molecule has 1 saturated carbocycles. The predicted molar refractivity (Wildman–Crippen MR) is 132 cm³/mol. The van der Waals surface area contributed by atoms with Crippen molar-refractivity contribution in [3.05, 3.63) is 70.9 Å². The van der Waals surface area contributed by atoms with Crippen LogP contribution in [0.15, 0.2) is 42.6 Å². The maximum absolute atomic E-state index is 14.8. The third-order valence-electron chi connectivity index (χ3n) is 7.43. The number of nitrogens with one attached hydrogen (secondary N) is 1. The number of fused-ring (bicyclic) bond motifs is 2. The molecule has 6 heteroatoms. The van der Waals surface area contributed by atoms with Crippen molar-refractivity contribution < 1.29 is 13.9 Å². The number of carbonyl (C=O) groups excluding carboxylic acids is 1. The van der Waals surface area contributed by atoms with Crippen LogP contribution < -0.4 is 0 Å². The fraction of sp³-hybridized carbons (Fsp3) is 0.393. The van der Waals surface area contributed by atoms with Crippen molar-refractivity contribution in [1.82, 2.24) is 15.0 Å². The molecule has 4 aromatic rings. The lowest BCUT2D eigenvalue weighted by molar-refractivity contribution is 0.0525. The van der Waals surface area contributed by atoms with Crippen LogP contribution in [0.3, 0.4) is 0 Å². The second-order valence-electron chi connectivity index (χ2n) is 9.46. The lowest BCUT2D eigenvalue weighted by atomic mass is 9.73. The fourth-order valence-electron chi connectivity index (χ4n) is 5.52. The van der Waals surface area contributed by atoms with Crippen molar-refractivity contribution in [1.29, 1.82) is 0 Å². The smallest absolute Gasteiger partial charge is 0.338 e. The molecule has 1 N–H and O–H groups in total. The molecule has 1 fully saturated rings. The fourth-order valence-corrected chi connectivity index (χ4v) is 5.52. The minimum atomic E-state index is -0.311. The molecule has 0 amide bonds. The molecule has 2 aromatic heterocycles. The number of pyridine rings is 1. The highest BCUT2D eigenvalue weighted by molar-refractivity contribution is 5.95. The monoisotopic (exact) mass is 459 g/mol. The van der Waals surface area contributed by atoms with Crippen LogP contribution in [0.5, 0.6) is 0 Å². The Hall–Kier alpha value is -3.28. The van der Waals surface area contributed by atoms with E-state index in [1.54, 1.807) is 25.3 Å². The molecule has 1 aliphatic carbocycles. The number of esters is 1. The summed E-state index contributed by atoms with van der Waals surface area (Å²) < 4.78 is 20.0. The molecule has 2 aromatic carbocycles. The van der Waals surface area contributed by atoms with E-state index in [2.05, 4.69) is 16.9 Å². The second kappa shape index (κ2) is 9.16. The number of hydrogen-bond acceptors (Lipinski definition) is 4. The summed E-state index contributed by atoms with van der Waals surface area (Å²) in [7, 11) is 0. The summed E-state index contributed by atoms with van der Waals surface area (Å²) in [6.45, 7) is 6.28. The summed E-state index contributed by atoms with van der Waals surface area (Å²) in [4.78, 5) is 25.0. The first-order valence-corrected chi connectivity index (χ1v) is 12.2. The zero-order valence-corrected chi connectivity index (χ0v) is 19.9. The highest BCUT2D eigenvalue weighted by Crippen LogP contribution is 2.43. The van der Waals surface area contributed by atoms with Gasteiger partial charge in [0.25, 0.3) is 0 Å². The van der Waals surface area contributed by atoms with Gasteiger partial charge in [-0.3, -0.25) is 4.98 Å². The van der Waals surface area contributed by atoms with Gasteiger partial charge in [-0.2, -0.15) is 0 Å². The van der Waals surface area contributed by atoms with E-state index in [4.69, 9.17) is 9.72 Å². The molecule has 0 unspecified atom stereocenters. The Morgan fingerprint density at radius 1 is 1.18 bits per heavy atom. The summed E-state index contributed by atoms with van der Waals surface area (Å²) >= 11 is 0. The Morgan fingerprint density at radius 2 is 1.97 bits per heavy atom. The number of benzene rings is 2. The molecular weight excluding hydrogens is 429 g/mol. The number of aromatic nitrogens is 3. The van der Waals surface area contributed by atoms with Gasteiger partial charge in [0.2, 0.25) is 0 Å². The van der Waals surface area contributed by atoms with Crippen LogP contribution in [0.25, 0.3) is 21.9 Å². The highest BCUT2D eigenvalue weighted by atomic mass is 19.1. The van der Waals surface area contributed by atoms with Crippen molar-refractivity contribution in [2.45, 2.75) is 58.3 Å². The first-order valence-electron chi connectivity index (χ1n) is 12.2. The van der Waals surface area contributed by atoms with Gasteiger partial charge < -0.3 is 9.72 Å². The Bertz CT molecular complexity index is 1350. The van der Waals surface area contributed by atoms with E-state index < -0.39 is 0 Å². The van der Waals surface area contributed by atoms with Gasteiger partial charge in [-0.05, 0) is 87.3 Å². The average Bonchev–Trinajstić information content (AvgIpc) is 3.26. The topological polar surface area (TPSA) is 67.9 Å². The van der Waals surface area contributed by atoms with Gasteiger partial charge in [0.1, 0.15) is 11.6 Å². The van der Waals surface area contributed by atoms with Crippen molar-refractivity contribution in [3.8, 4) is 0 Å². The zero-order valence-electron chi connectivity index (χ0n) is 19.9. The average molecular weight is 460 g/mol. The summed E-state index contributed by atoms with van der Waals surface area (Å²) in [6, 6.07) is 11.0. The second-order valence-corrected chi connectivity index (χ2v) is 9.46. The number of carbonyl (C=O) groups is 1. The van der Waals surface area contributed by atoms with E-state index in [0.717, 1.165) is 64.6 Å². The van der Waals surface area contributed by atoms with Crippen molar-refractivity contribution in [2.24, 2.45) is 5.92 Å².